The molecular formula is C23H24F3N5S. The molecule has 5 nitrogen and oxygen atoms in total. The van der Waals surface area contributed by atoms with Crippen LogP contribution in [0.5, 0.6) is 0 Å². The third kappa shape index (κ3) is 5.16. The van der Waals surface area contributed by atoms with E-state index < -0.39 is 11.7 Å². The number of nitrogens with one attached hydrogen (secondary N) is 1. The molecular weight excluding hydrogens is 435 g/mol. The van der Waals surface area contributed by atoms with Crippen molar-refractivity contribution >= 4 is 23.6 Å². The first-order valence-electron chi connectivity index (χ1n) is 10.3. The zero-order chi connectivity index (χ0) is 22.7. The Balaban J connectivity index is 1.55. The maximum absolute atomic E-state index is 13.6. The molecule has 1 aromatic carbocycles. The van der Waals surface area contributed by atoms with Gasteiger partial charge in [0.05, 0.1) is 11.3 Å². The number of benzene rings is 1. The van der Waals surface area contributed by atoms with Crippen LogP contribution in [0, 0.1) is 6.92 Å². The lowest BCUT2D eigenvalue weighted by Crippen LogP contribution is -2.44. The molecule has 4 rings (SSSR count). The molecule has 2 aromatic heterocycles. The number of anilines is 2. The molecule has 0 spiro atoms. The highest BCUT2D eigenvalue weighted by atomic mass is 32.2. The first-order chi connectivity index (χ1) is 15.3. The number of piperazine rings is 1. The zero-order valence-corrected chi connectivity index (χ0v) is 18.7. The molecule has 9 heteroatoms. The van der Waals surface area contributed by atoms with E-state index in [0.29, 0.717) is 11.4 Å². The van der Waals surface area contributed by atoms with Crippen molar-refractivity contribution in [2.75, 3.05) is 42.8 Å². The van der Waals surface area contributed by atoms with Gasteiger partial charge in [-0.2, -0.15) is 13.2 Å². The van der Waals surface area contributed by atoms with E-state index in [2.05, 4.69) is 31.5 Å². The topological polar surface area (TPSA) is 44.3 Å². The van der Waals surface area contributed by atoms with Crippen LogP contribution < -0.4 is 9.62 Å². The zero-order valence-electron chi connectivity index (χ0n) is 17.9. The van der Waals surface area contributed by atoms with Crippen molar-refractivity contribution < 1.29 is 13.2 Å². The van der Waals surface area contributed by atoms with E-state index in [-0.39, 0.29) is 5.69 Å². The van der Waals surface area contributed by atoms with Gasteiger partial charge in [0.2, 0.25) is 0 Å². The van der Waals surface area contributed by atoms with Crippen LogP contribution in [-0.2, 0) is 6.18 Å². The minimum absolute atomic E-state index is 0.0830. The monoisotopic (exact) mass is 459 g/mol. The highest BCUT2D eigenvalue weighted by Gasteiger charge is 2.35. The SMILES string of the molecule is Cc1ccccc1-c1nc(NSc2cccc(N3CCN(C)CC3)n2)ccc1C(F)(F)F. The van der Waals surface area contributed by atoms with Crippen molar-refractivity contribution in [3.05, 3.63) is 65.7 Å². The second-order valence-corrected chi connectivity index (χ2v) is 8.56. The van der Waals surface area contributed by atoms with Gasteiger partial charge in [0.15, 0.2) is 0 Å². The molecule has 168 valence electrons. The van der Waals surface area contributed by atoms with Gasteiger partial charge < -0.3 is 14.5 Å². The van der Waals surface area contributed by atoms with Crippen LogP contribution in [0.3, 0.4) is 0 Å². The predicted octanol–water partition coefficient (Wildman–Crippen LogP) is 5.34. The second kappa shape index (κ2) is 9.38. The fourth-order valence-corrected chi connectivity index (χ4v) is 4.17. The molecule has 0 aliphatic carbocycles. The summed E-state index contributed by atoms with van der Waals surface area (Å²) in [6, 6.07) is 15.1. The average molecular weight is 460 g/mol. The van der Waals surface area contributed by atoms with E-state index in [9.17, 15) is 13.2 Å². The number of hydrogen-bond donors (Lipinski definition) is 1. The minimum atomic E-state index is -4.49. The fraction of sp³-hybridized carbons (Fsp3) is 0.304. The first-order valence-corrected chi connectivity index (χ1v) is 11.1. The number of rotatable bonds is 5. The third-order valence-electron chi connectivity index (χ3n) is 5.40. The van der Waals surface area contributed by atoms with E-state index in [4.69, 9.17) is 0 Å². The minimum Gasteiger partial charge on any atom is -0.354 e. The molecule has 1 N–H and O–H groups in total. The Labute approximate surface area is 189 Å². The van der Waals surface area contributed by atoms with Gasteiger partial charge in [-0.25, -0.2) is 9.97 Å². The van der Waals surface area contributed by atoms with Gasteiger partial charge in [-0.1, -0.05) is 30.3 Å². The molecule has 0 amide bonds. The number of halogens is 3. The Morgan fingerprint density at radius 2 is 1.66 bits per heavy atom. The Bertz CT molecular complexity index is 1080. The molecule has 0 unspecified atom stereocenters. The van der Waals surface area contributed by atoms with Crippen molar-refractivity contribution in [3.63, 3.8) is 0 Å². The smallest absolute Gasteiger partial charge is 0.354 e. The molecule has 0 atom stereocenters. The quantitative estimate of drug-likeness (QED) is 0.520. The summed E-state index contributed by atoms with van der Waals surface area (Å²) in [5, 5.41) is 0.723. The fourth-order valence-electron chi connectivity index (χ4n) is 3.57. The normalized spacial score (nSPS) is 15.1. The van der Waals surface area contributed by atoms with Crippen LogP contribution in [0.1, 0.15) is 11.1 Å². The van der Waals surface area contributed by atoms with Gasteiger partial charge in [0.1, 0.15) is 16.7 Å². The van der Waals surface area contributed by atoms with Gasteiger partial charge in [-0.05, 0) is 43.8 Å². The van der Waals surface area contributed by atoms with E-state index in [1.165, 1.54) is 18.0 Å². The molecule has 0 bridgehead atoms. The van der Waals surface area contributed by atoms with Crippen molar-refractivity contribution in [2.45, 2.75) is 18.1 Å². The molecule has 1 aliphatic rings. The molecule has 3 aromatic rings. The Morgan fingerprint density at radius 1 is 0.906 bits per heavy atom. The number of pyridine rings is 2. The summed E-state index contributed by atoms with van der Waals surface area (Å²) in [5.74, 6) is 1.24. The van der Waals surface area contributed by atoms with Gasteiger partial charge in [0.25, 0.3) is 0 Å². The first kappa shape index (κ1) is 22.4. The number of nitrogens with zero attached hydrogens (tertiary/aromatic N) is 4. The van der Waals surface area contributed by atoms with Crippen molar-refractivity contribution in [1.29, 1.82) is 0 Å². The maximum Gasteiger partial charge on any atom is 0.418 e. The van der Waals surface area contributed by atoms with E-state index in [1.54, 1.807) is 31.2 Å². The van der Waals surface area contributed by atoms with Crippen molar-refractivity contribution in [3.8, 4) is 11.3 Å². The molecule has 1 fully saturated rings. The van der Waals surface area contributed by atoms with Gasteiger partial charge in [-0.3, -0.25) is 0 Å². The number of likely N-dealkylation sites (N-methyl/N-ethyl adjacent to an activating group) is 1. The predicted molar refractivity (Wildman–Crippen MR) is 123 cm³/mol. The molecule has 0 saturated carbocycles. The standard InChI is InChI=1S/C23H24F3N5S/c1-16-6-3-4-7-17(16)22-18(23(24,25)26)10-11-19(27-22)29-32-21-9-5-8-20(28-21)31-14-12-30(2)13-15-31/h3-11H,12-15H2,1-2H3,(H,27,29). The molecule has 32 heavy (non-hydrogen) atoms. The summed E-state index contributed by atoms with van der Waals surface area (Å²) in [5.41, 5.74) is 0.360. The third-order valence-corrected chi connectivity index (χ3v) is 6.14. The molecule has 0 radical (unpaired) electrons. The molecule has 1 aliphatic heterocycles. The Hall–Kier alpha value is -2.78. The summed E-state index contributed by atoms with van der Waals surface area (Å²) in [7, 11) is 2.10. The second-order valence-electron chi connectivity index (χ2n) is 7.73. The average Bonchev–Trinajstić information content (AvgIpc) is 2.78. The van der Waals surface area contributed by atoms with Crippen LogP contribution in [0.2, 0.25) is 0 Å². The van der Waals surface area contributed by atoms with Gasteiger partial charge in [-0.15, -0.1) is 0 Å². The molecule has 3 heterocycles. The maximum atomic E-state index is 13.6. The highest BCUT2D eigenvalue weighted by Crippen LogP contribution is 2.38. The number of hydrogen-bond acceptors (Lipinski definition) is 6. The number of alkyl halides is 3. The number of aromatic nitrogens is 2. The van der Waals surface area contributed by atoms with Crippen molar-refractivity contribution in [2.24, 2.45) is 0 Å². The van der Waals surface area contributed by atoms with Crippen LogP contribution in [-0.4, -0.2) is 48.1 Å². The van der Waals surface area contributed by atoms with E-state index in [1.807, 2.05) is 18.2 Å². The summed E-state index contributed by atoms with van der Waals surface area (Å²) in [6.45, 7) is 5.55. The highest BCUT2D eigenvalue weighted by molar-refractivity contribution is 8.00. The van der Waals surface area contributed by atoms with Gasteiger partial charge in [0, 0.05) is 43.7 Å². The van der Waals surface area contributed by atoms with Gasteiger partial charge >= 0.3 is 6.18 Å². The summed E-state index contributed by atoms with van der Waals surface area (Å²) < 4.78 is 43.9. The lowest BCUT2D eigenvalue weighted by Gasteiger charge is -2.33. The Morgan fingerprint density at radius 3 is 2.38 bits per heavy atom. The van der Waals surface area contributed by atoms with Crippen LogP contribution in [0.4, 0.5) is 24.8 Å². The van der Waals surface area contributed by atoms with E-state index in [0.717, 1.165) is 48.7 Å². The summed E-state index contributed by atoms with van der Waals surface area (Å²) >= 11 is 1.23. The van der Waals surface area contributed by atoms with Crippen LogP contribution >= 0.6 is 11.9 Å². The van der Waals surface area contributed by atoms with Crippen LogP contribution in [0.15, 0.2) is 59.6 Å². The van der Waals surface area contributed by atoms with Crippen molar-refractivity contribution in [1.82, 2.24) is 14.9 Å². The van der Waals surface area contributed by atoms with Crippen LogP contribution in [0.25, 0.3) is 11.3 Å². The molecule has 1 saturated heterocycles. The number of aryl methyl sites for hydroxylation is 1. The Kier molecular flexibility index (Phi) is 6.57. The summed E-state index contributed by atoms with van der Waals surface area (Å²) in [6.07, 6.45) is -4.49. The lowest BCUT2D eigenvalue weighted by atomic mass is 10.0. The lowest BCUT2D eigenvalue weighted by molar-refractivity contribution is -0.137. The largest absolute Gasteiger partial charge is 0.418 e. The van der Waals surface area contributed by atoms with E-state index >= 15 is 0 Å². The summed E-state index contributed by atoms with van der Waals surface area (Å²) in [4.78, 5) is 13.5.